The van der Waals surface area contributed by atoms with E-state index in [0.29, 0.717) is 26.8 Å². The van der Waals surface area contributed by atoms with Gasteiger partial charge in [0.2, 0.25) is 5.91 Å². The van der Waals surface area contributed by atoms with E-state index < -0.39 is 0 Å². The smallest absolute Gasteiger partial charge is 0.264 e. The van der Waals surface area contributed by atoms with Crippen molar-refractivity contribution in [1.82, 2.24) is 19.3 Å². The zero-order chi connectivity index (χ0) is 16.6. The quantitative estimate of drug-likeness (QED) is 0.783. The normalized spacial score (nSPS) is 10.9. The number of rotatable bonds is 3. The van der Waals surface area contributed by atoms with Crippen molar-refractivity contribution in [1.29, 1.82) is 0 Å². The zero-order valence-corrected chi connectivity index (χ0v) is 13.5. The van der Waals surface area contributed by atoms with Gasteiger partial charge in [0.1, 0.15) is 18.3 Å². The van der Waals surface area contributed by atoms with Crippen LogP contribution in [0.5, 0.6) is 0 Å². The lowest BCUT2D eigenvalue weighted by Gasteiger charge is -2.08. The van der Waals surface area contributed by atoms with Gasteiger partial charge in [0.25, 0.3) is 5.56 Å². The van der Waals surface area contributed by atoms with E-state index in [9.17, 15) is 9.59 Å². The molecule has 0 unspecified atom stereocenters. The molecule has 9 heteroatoms. The van der Waals surface area contributed by atoms with Crippen molar-refractivity contribution in [2.75, 3.05) is 5.32 Å². The topological polar surface area (TPSA) is 81.8 Å². The van der Waals surface area contributed by atoms with Crippen LogP contribution in [0.15, 0.2) is 35.5 Å². The van der Waals surface area contributed by atoms with Gasteiger partial charge < -0.3 is 5.32 Å². The summed E-state index contributed by atoms with van der Waals surface area (Å²) in [5, 5.41) is 7.71. The van der Waals surface area contributed by atoms with Crippen LogP contribution in [0, 0.1) is 0 Å². The molecule has 3 aromatic rings. The Bertz CT molecular complexity index is 963. The predicted molar refractivity (Wildman–Crippen MR) is 87.9 cm³/mol. The van der Waals surface area contributed by atoms with Crippen LogP contribution in [0.3, 0.4) is 0 Å². The molecule has 0 atom stereocenters. The van der Waals surface area contributed by atoms with Crippen molar-refractivity contribution < 1.29 is 4.79 Å². The minimum atomic E-state index is -0.379. The molecule has 0 radical (unpaired) electrons. The minimum Gasteiger partial charge on any atom is -0.324 e. The van der Waals surface area contributed by atoms with Gasteiger partial charge in [-0.2, -0.15) is 5.10 Å². The summed E-state index contributed by atoms with van der Waals surface area (Å²) in [5.74, 6) is -0.379. The van der Waals surface area contributed by atoms with Crippen molar-refractivity contribution in [2.24, 2.45) is 7.05 Å². The van der Waals surface area contributed by atoms with Gasteiger partial charge in [0.05, 0.1) is 16.2 Å². The molecule has 0 spiro atoms. The first-order valence-electron chi connectivity index (χ1n) is 6.58. The van der Waals surface area contributed by atoms with E-state index in [1.54, 1.807) is 19.2 Å². The molecule has 2 heterocycles. The highest BCUT2D eigenvalue weighted by Gasteiger charge is 2.11. The van der Waals surface area contributed by atoms with Crippen LogP contribution in [0.25, 0.3) is 11.0 Å². The Morgan fingerprint density at radius 3 is 2.83 bits per heavy atom. The Balaban J connectivity index is 1.81. The first kappa shape index (κ1) is 15.5. The van der Waals surface area contributed by atoms with Crippen LogP contribution in [0.2, 0.25) is 10.0 Å². The van der Waals surface area contributed by atoms with Crippen molar-refractivity contribution in [2.45, 2.75) is 6.54 Å². The number of aryl methyl sites for hydroxylation is 1. The van der Waals surface area contributed by atoms with E-state index in [2.05, 4.69) is 15.4 Å². The molecule has 0 aliphatic heterocycles. The first-order valence-corrected chi connectivity index (χ1v) is 7.33. The van der Waals surface area contributed by atoms with Gasteiger partial charge in [0.15, 0.2) is 5.65 Å². The number of nitrogens with zero attached hydrogens (tertiary/aromatic N) is 4. The standard InChI is InChI=1S/C14H11Cl2N5O2/c1-20-13-9(5-18-20)14(23)21(7-17-13)6-12(22)19-8-2-3-10(15)11(16)4-8/h2-5,7H,6H2,1H3,(H,19,22). The number of hydrogen-bond donors (Lipinski definition) is 1. The molecule has 2 aromatic heterocycles. The fourth-order valence-corrected chi connectivity index (χ4v) is 2.41. The largest absolute Gasteiger partial charge is 0.324 e. The number of aromatic nitrogens is 4. The molecule has 0 fully saturated rings. The number of hydrogen-bond acceptors (Lipinski definition) is 4. The summed E-state index contributed by atoms with van der Waals surface area (Å²) in [4.78, 5) is 28.5. The average molecular weight is 352 g/mol. The Kier molecular flexibility index (Phi) is 4.06. The van der Waals surface area contributed by atoms with Gasteiger partial charge in [-0.1, -0.05) is 23.2 Å². The summed E-state index contributed by atoms with van der Waals surface area (Å²) in [6, 6.07) is 4.74. The fraction of sp³-hybridized carbons (Fsp3) is 0.143. The van der Waals surface area contributed by atoms with E-state index in [1.807, 2.05) is 0 Å². The maximum absolute atomic E-state index is 12.3. The lowest BCUT2D eigenvalue weighted by atomic mass is 10.3. The van der Waals surface area contributed by atoms with Gasteiger partial charge in [-0.3, -0.25) is 18.8 Å². The molecule has 0 saturated heterocycles. The Labute approximate surface area is 140 Å². The minimum absolute atomic E-state index is 0.170. The van der Waals surface area contributed by atoms with Crippen LogP contribution >= 0.6 is 23.2 Å². The summed E-state index contributed by atoms with van der Waals surface area (Å²) in [5.41, 5.74) is 0.636. The molecule has 3 rings (SSSR count). The molecule has 7 nitrogen and oxygen atoms in total. The highest BCUT2D eigenvalue weighted by Crippen LogP contribution is 2.24. The molecular formula is C14H11Cl2N5O2. The van der Waals surface area contributed by atoms with E-state index in [-0.39, 0.29) is 18.0 Å². The van der Waals surface area contributed by atoms with Crippen LogP contribution in [-0.2, 0) is 18.4 Å². The monoisotopic (exact) mass is 351 g/mol. The predicted octanol–water partition coefficient (Wildman–Crippen LogP) is 2.08. The number of fused-ring (bicyclic) bond motifs is 1. The van der Waals surface area contributed by atoms with Crippen LogP contribution in [0.4, 0.5) is 5.69 Å². The summed E-state index contributed by atoms with van der Waals surface area (Å²) in [6.07, 6.45) is 2.75. The molecular weight excluding hydrogens is 341 g/mol. The van der Waals surface area contributed by atoms with Crippen LogP contribution in [-0.4, -0.2) is 25.2 Å². The summed E-state index contributed by atoms with van der Waals surface area (Å²) >= 11 is 11.7. The molecule has 1 amide bonds. The molecule has 0 bridgehead atoms. The van der Waals surface area contributed by atoms with Gasteiger partial charge in [-0.05, 0) is 18.2 Å². The molecule has 0 aliphatic rings. The fourth-order valence-electron chi connectivity index (χ4n) is 2.11. The Morgan fingerprint density at radius 1 is 1.30 bits per heavy atom. The third-order valence-corrected chi connectivity index (χ3v) is 3.97. The highest BCUT2D eigenvalue weighted by molar-refractivity contribution is 6.42. The summed E-state index contributed by atoms with van der Waals surface area (Å²) < 4.78 is 2.72. The van der Waals surface area contributed by atoms with Gasteiger partial charge in [-0.15, -0.1) is 0 Å². The third-order valence-electron chi connectivity index (χ3n) is 3.24. The van der Waals surface area contributed by atoms with E-state index in [1.165, 1.54) is 27.8 Å². The van der Waals surface area contributed by atoms with E-state index in [4.69, 9.17) is 23.2 Å². The second-order valence-corrected chi connectivity index (χ2v) is 5.67. The second kappa shape index (κ2) is 6.02. The number of carbonyl (C=O) groups is 1. The lowest BCUT2D eigenvalue weighted by molar-refractivity contribution is -0.116. The van der Waals surface area contributed by atoms with Crippen molar-refractivity contribution in [3.05, 3.63) is 51.1 Å². The number of carbonyl (C=O) groups excluding carboxylic acids is 1. The first-order chi connectivity index (χ1) is 11.0. The lowest BCUT2D eigenvalue weighted by Crippen LogP contribution is -2.27. The molecule has 0 saturated carbocycles. The highest BCUT2D eigenvalue weighted by atomic mass is 35.5. The van der Waals surface area contributed by atoms with Crippen molar-refractivity contribution in [3.8, 4) is 0 Å². The number of halogens is 2. The molecule has 23 heavy (non-hydrogen) atoms. The van der Waals surface area contributed by atoms with Crippen LogP contribution < -0.4 is 10.9 Å². The van der Waals surface area contributed by atoms with E-state index >= 15 is 0 Å². The maximum Gasteiger partial charge on any atom is 0.264 e. The number of benzene rings is 1. The zero-order valence-electron chi connectivity index (χ0n) is 12.0. The Morgan fingerprint density at radius 2 is 2.09 bits per heavy atom. The van der Waals surface area contributed by atoms with Gasteiger partial charge in [-0.25, -0.2) is 4.98 Å². The number of nitrogens with one attached hydrogen (secondary N) is 1. The molecule has 1 N–H and O–H groups in total. The summed E-state index contributed by atoms with van der Waals surface area (Å²) in [6.45, 7) is -0.170. The second-order valence-electron chi connectivity index (χ2n) is 4.86. The van der Waals surface area contributed by atoms with Gasteiger partial charge >= 0.3 is 0 Å². The average Bonchev–Trinajstić information content (AvgIpc) is 2.88. The van der Waals surface area contributed by atoms with E-state index in [0.717, 1.165) is 0 Å². The van der Waals surface area contributed by atoms with Gasteiger partial charge in [0, 0.05) is 12.7 Å². The van der Waals surface area contributed by atoms with Crippen molar-refractivity contribution in [3.63, 3.8) is 0 Å². The number of amides is 1. The van der Waals surface area contributed by atoms with Crippen molar-refractivity contribution >= 4 is 45.8 Å². The maximum atomic E-state index is 12.3. The SMILES string of the molecule is Cn1ncc2c(=O)n(CC(=O)Nc3ccc(Cl)c(Cl)c3)cnc21. The molecule has 118 valence electrons. The Hall–Kier alpha value is -2.38. The third kappa shape index (κ3) is 3.06. The summed E-state index contributed by atoms with van der Waals surface area (Å²) in [7, 11) is 1.69. The molecule has 1 aromatic carbocycles. The van der Waals surface area contributed by atoms with Crippen LogP contribution in [0.1, 0.15) is 0 Å². The number of anilines is 1. The molecule has 0 aliphatic carbocycles.